The van der Waals surface area contributed by atoms with E-state index in [2.05, 4.69) is 50.2 Å². The van der Waals surface area contributed by atoms with Gasteiger partial charge in [-0.1, -0.05) is 20.8 Å². The van der Waals surface area contributed by atoms with Gasteiger partial charge in [0.05, 0.1) is 5.60 Å². The van der Waals surface area contributed by atoms with Crippen molar-refractivity contribution in [2.24, 2.45) is 16.3 Å². The number of nitrogens with zero attached hydrogens (tertiary/aromatic N) is 1. The van der Waals surface area contributed by atoms with Crippen molar-refractivity contribution in [2.45, 2.75) is 65.1 Å². The number of rotatable bonds is 4. The van der Waals surface area contributed by atoms with Crippen molar-refractivity contribution in [3.8, 4) is 0 Å². The summed E-state index contributed by atoms with van der Waals surface area (Å²) in [5.74, 6) is 1.75. The maximum absolute atomic E-state index is 5.67. The largest absolute Gasteiger partial charge is 0.378 e. The number of guanidine groups is 1. The molecule has 118 valence electrons. The molecule has 4 nitrogen and oxygen atoms in total. The lowest BCUT2D eigenvalue weighted by Crippen LogP contribution is -2.69. The van der Waals surface area contributed by atoms with Crippen molar-refractivity contribution in [2.75, 3.05) is 13.7 Å². The average Bonchev–Trinajstić information content (AvgIpc) is 3.04. The Kier molecular flexibility index (Phi) is 5.75. The van der Waals surface area contributed by atoms with Gasteiger partial charge in [-0.15, -0.1) is 24.0 Å². The molecule has 0 heterocycles. The second-order valence-electron chi connectivity index (χ2n) is 6.84. The van der Waals surface area contributed by atoms with E-state index in [1.54, 1.807) is 0 Å². The van der Waals surface area contributed by atoms with E-state index in [4.69, 9.17) is 4.74 Å². The van der Waals surface area contributed by atoms with Gasteiger partial charge in [-0.2, -0.15) is 0 Å². The van der Waals surface area contributed by atoms with E-state index in [9.17, 15) is 0 Å². The van der Waals surface area contributed by atoms with Crippen LogP contribution in [0.15, 0.2) is 4.99 Å². The van der Waals surface area contributed by atoms with Crippen LogP contribution in [0.1, 0.15) is 47.5 Å². The van der Waals surface area contributed by atoms with Crippen molar-refractivity contribution < 1.29 is 4.74 Å². The van der Waals surface area contributed by atoms with Crippen LogP contribution in [0.5, 0.6) is 0 Å². The lowest BCUT2D eigenvalue weighted by molar-refractivity contribution is -0.176. The zero-order valence-corrected chi connectivity index (χ0v) is 15.9. The van der Waals surface area contributed by atoms with Gasteiger partial charge in [-0.25, -0.2) is 0 Å². The monoisotopic (exact) mass is 395 g/mol. The van der Waals surface area contributed by atoms with Gasteiger partial charge >= 0.3 is 0 Å². The van der Waals surface area contributed by atoms with E-state index in [0.29, 0.717) is 12.1 Å². The van der Waals surface area contributed by atoms with Crippen molar-refractivity contribution in [1.82, 2.24) is 10.6 Å². The van der Waals surface area contributed by atoms with E-state index in [1.165, 1.54) is 6.42 Å². The first-order valence-corrected chi connectivity index (χ1v) is 7.46. The lowest BCUT2D eigenvalue weighted by atomic mass is 9.56. The summed E-state index contributed by atoms with van der Waals surface area (Å²) >= 11 is 0. The predicted octanol–water partition coefficient (Wildman–Crippen LogP) is 2.77. The van der Waals surface area contributed by atoms with E-state index >= 15 is 0 Å². The van der Waals surface area contributed by atoms with E-state index in [0.717, 1.165) is 24.8 Å². The molecule has 20 heavy (non-hydrogen) atoms. The molecule has 0 bridgehead atoms. The van der Waals surface area contributed by atoms with Gasteiger partial charge in [-0.05, 0) is 32.6 Å². The summed E-state index contributed by atoms with van der Waals surface area (Å²) in [6, 6.07) is 1.03. The number of nitrogens with one attached hydrogen (secondary N) is 2. The molecule has 4 atom stereocenters. The summed E-state index contributed by atoms with van der Waals surface area (Å²) in [7, 11) is 1.81. The third kappa shape index (κ3) is 3.24. The zero-order valence-electron chi connectivity index (χ0n) is 13.6. The molecule has 0 spiro atoms. The summed E-state index contributed by atoms with van der Waals surface area (Å²) in [5.41, 5.74) is 0.0853. The summed E-state index contributed by atoms with van der Waals surface area (Å²) in [5, 5.41) is 7.11. The standard InChI is InChI=1S/C15H29N3O.HI/c1-7-16-13(17-11-8-10(11)2)18-12-9-15(5,19-6)14(12,3)4;/h10-12H,7-9H2,1-6H3,(H2,16,17,18);1H. The van der Waals surface area contributed by atoms with Crippen LogP contribution in [0.25, 0.3) is 0 Å². The van der Waals surface area contributed by atoms with Crippen LogP contribution in [-0.2, 0) is 4.74 Å². The van der Waals surface area contributed by atoms with E-state index in [-0.39, 0.29) is 35.0 Å². The smallest absolute Gasteiger partial charge is 0.191 e. The molecule has 5 heteroatoms. The van der Waals surface area contributed by atoms with Gasteiger partial charge in [0.15, 0.2) is 5.96 Å². The first-order chi connectivity index (χ1) is 8.84. The third-order valence-corrected chi connectivity index (χ3v) is 5.34. The highest BCUT2D eigenvalue weighted by atomic mass is 127. The average molecular weight is 395 g/mol. The van der Waals surface area contributed by atoms with Crippen molar-refractivity contribution in [3.63, 3.8) is 0 Å². The Morgan fingerprint density at radius 3 is 2.30 bits per heavy atom. The summed E-state index contributed by atoms with van der Waals surface area (Å²) in [6.45, 7) is 11.9. The minimum absolute atomic E-state index is 0. The molecular weight excluding hydrogens is 365 g/mol. The number of halogens is 1. The third-order valence-electron chi connectivity index (χ3n) is 5.34. The highest BCUT2D eigenvalue weighted by Gasteiger charge is 2.58. The van der Waals surface area contributed by atoms with Gasteiger partial charge in [0.2, 0.25) is 0 Å². The van der Waals surface area contributed by atoms with Gasteiger partial charge in [0.1, 0.15) is 0 Å². The fourth-order valence-corrected chi connectivity index (χ4v) is 2.88. The Morgan fingerprint density at radius 2 is 1.90 bits per heavy atom. The number of hydrogen-bond acceptors (Lipinski definition) is 2. The molecule has 0 aromatic heterocycles. The van der Waals surface area contributed by atoms with Gasteiger partial charge in [0.25, 0.3) is 0 Å². The Bertz CT molecular complexity index is 372. The first kappa shape index (κ1) is 18.0. The second-order valence-corrected chi connectivity index (χ2v) is 6.84. The molecule has 2 aliphatic rings. The molecule has 0 aliphatic heterocycles. The minimum atomic E-state index is -0.0329. The maximum atomic E-state index is 5.67. The first-order valence-electron chi connectivity index (χ1n) is 7.46. The van der Waals surface area contributed by atoms with Crippen LogP contribution in [0.4, 0.5) is 0 Å². The maximum Gasteiger partial charge on any atom is 0.191 e. The molecule has 0 saturated heterocycles. The highest BCUT2D eigenvalue weighted by molar-refractivity contribution is 14.0. The second kappa shape index (κ2) is 6.38. The van der Waals surface area contributed by atoms with Crippen LogP contribution < -0.4 is 10.6 Å². The van der Waals surface area contributed by atoms with Crippen LogP contribution in [-0.4, -0.2) is 37.3 Å². The molecular formula is C15H30IN3O. The van der Waals surface area contributed by atoms with Crippen molar-refractivity contribution >= 4 is 29.9 Å². The molecule has 2 fully saturated rings. The highest BCUT2D eigenvalue weighted by Crippen LogP contribution is 2.51. The van der Waals surface area contributed by atoms with Crippen molar-refractivity contribution in [1.29, 1.82) is 0 Å². The Balaban J connectivity index is 0.00000200. The van der Waals surface area contributed by atoms with Crippen LogP contribution in [0.2, 0.25) is 0 Å². The molecule has 2 saturated carbocycles. The van der Waals surface area contributed by atoms with E-state index in [1.807, 2.05) is 7.11 Å². The summed E-state index contributed by atoms with van der Waals surface area (Å²) in [6.07, 6.45) is 2.29. The molecule has 0 aromatic carbocycles. The number of ether oxygens (including phenoxy) is 1. The van der Waals surface area contributed by atoms with Gasteiger partial charge < -0.3 is 15.4 Å². The molecule has 4 unspecified atom stereocenters. The Hall–Kier alpha value is -0.0400. The lowest BCUT2D eigenvalue weighted by Gasteiger charge is -2.59. The molecule has 0 radical (unpaired) electrons. The molecule has 0 aromatic rings. The van der Waals surface area contributed by atoms with Gasteiger partial charge in [0, 0.05) is 31.2 Å². The Morgan fingerprint density at radius 1 is 1.30 bits per heavy atom. The van der Waals surface area contributed by atoms with Crippen LogP contribution >= 0.6 is 24.0 Å². The zero-order chi connectivity index (χ0) is 14.3. The van der Waals surface area contributed by atoms with Crippen LogP contribution in [0, 0.1) is 11.3 Å². The normalized spacial score (nSPS) is 38.5. The fourth-order valence-electron chi connectivity index (χ4n) is 2.88. The Labute approximate surface area is 140 Å². The molecule has 2 rings (SSSR count). The summed E-state index contributed by atoms with van der Waals surface area (Å²) < 4.78 is 5.67. The molecule has 0 amide bonds. The SMILES string of the molecule is CCN=C(NC1CC1C)NC1CC(C)(OC)C1(C)C.I. The quantitative estimate of drug-likeness (QED) is 0.437. The summed E-state index contributed by atoms with van der Waals surface area (Å²) in [4.78, 5) is 4.55. The van der Waals surface area contributed by atoms with Crippen molar-refractivity contribution in [3.05, 3.63) is 0 Å². The number of aliphatic imine (C=N–C) groups is 1. The fraction of sp³-hybridized carbons (Fsp3) is 0.933. The predicted molar refractivity (Wildman–Crippen MR) is 94.8 cm³/mol. The number of methoxy groups -OCH3 is 1. The molecule has 2 aliphatic carbocycles. The minimum Gasteiger partial charge on any atom is -0.378 e. The molecule has 2 N–H and O–H groups in total. The van der Waals surface area contributed by atoms with Gasteiger partial charge in [-0.3, -0.25) is 4.99 Å². The topological polar surface area (TPSA) is 45.7 Å². The van der Waals surface area contributed by atoms with E-state index < -0.39 is 0 Å². The van der Waals surface area contributed by atoms with Crippen LogP contribution in [0.3, 0.4) is 0 Å². The number of hydrogen-bond donors (Lipinski definition) is 2.